The predicted octanol–water partition coefficient (Wildman–Crippen LogP) is 4.17. The third-order valence-electron chi connectivity index (χ3n) is 3.62. The Morgan fingerprint density at radius 1 is 1.25 bits per heavy atom. The summed E-state index contributed by atoms with van der Waals surface area (Å²) >= 11 is 0. The first-order chi connectivity index (χ1) is 11.3. The van der Waals surface area contributed by atoms with E-state index in [4.69, 9.17) is 0 Å². The van der Waals surface area contributed by atoms with Crippen molar-refractivity contribution in [2.45, 2.75) is 33.1 Å². The van der Waals surface area contributed by atoms with Crippen LogP contribution < -0.4 is 10.6 Å². The fourth-order valence-corrected chi connectivity index (χ4v) is 2.44. The van der Waals surface area contributed by atoms with Gasteiger partial charge in [-0.05, 0) is 31.0 Å². The molecule has 6 heteroatoms. The van der Waals surface area contributed by atoms with Gasteiger partial charge in [0.25, 0.3) is 5.92 Å². The molecule has 0 radical (unpaired) electrons. The van der Waals surface area contributed by atoms with Crippen LogP contribution in [0.25, 0.3) is 0 Å². The van der Waals surface area contributed by atoms with E-state index in [0.717, 1.165) is 23.7 Å². The van der Waals surface area contributed by atoms with Crippen molar-refractivity contribution in [2.24, 2.45) is 0 Å². The first-order valence-corrected chi connectivity index (χ1v) is 7.71. The second kappa shape index (κ2) is 7.38. The smallest absolute Gasteiger partial charge is 0.319 e. The van der Waals surface area contributed by atoms with Crippen molar-refractivity contribution >= 4 is 11.7 Å². The highest BCUT2D eigenvalue weighted by Crippen LogP contribution is 2.32. The van der Waals surface area contributed by atoms with E-state index in [2.05, 4.69) is 15.6 Å². The number of urea groups is 1. The van der Waals surface area contributed by atoms with Crippen LogP contribution in [0.1, 0.15) is 29.3 Å². The zero-order valence-corrected chi connectivity index (χ0v) is 14.0. The molecule has 0 atom stereocenters. The van der Waals surface area contributed by atoms with Gasteiger partial charge >= 0.3 is 6.03 Å². The molecule has 2 amide bonds. The molecule has 0 aliphatic carbocycles. The van der Waals surface area contributed by atoms with Crippen molar-refractivity contribution in [1.29, 1.82) is 0 Å². The number of halogens is 2. The van der Waals surface area contributed by atoms with Crippen LogP contribution in [0.2, 0.25) is 0 Å². The highest BCUT2D eigenvalue weighted by molar-refractivity contribution is 5.90. The number of pyridine rings is 1. The van der Waals surface area contributed by atoms with E-state index >= 15 is 0 Å². The number of hydrogen-bond acceptors (Lipinski definition) is 2. The second-order valence-corrected chi connectivity index (χ2v) is 5.84. The molecule has 0 fully saturated rings. The molecule has 1 aromatic heterocycles. The van der Waals surface area contributed by atoms with Crippen LogP contribution in [0.15, 0.2) is 36.5 Å². The van der Waals surface area contributed by atoms with Gasteiger partial charge in [0, 0.05) is 37.3 Å². The van der Waals surface area contributed by atoms with Gasteiger partial charge < -0.3 is 10.6 Å². The van der Waals surface area contributed by atoms with Crippen molar-refractivity contribution in [3.8, 4) is 0 Å². The minimum atomic E-state index is -3.02. The molecule has 2 N–H and O–H groups in total. The minimum absolute atomic E-state index is 0.104. The van der Waals surface area contributed by atoms with Crippen LogP contribution in [0.4, 0.5) is 19.3 Å². The number of hydrogen-bond donors (Lipinski definition) is 2. The zero-order chi connectivity index (χ0) is 17.7. The van der Waals surface area contributed by atoms with Gasteiger partial charge in [-0.3, -0.25) is 4.98 Å². The maximum atomic E-state index is 13.5. The van der Waals surface area contributed by atoms with Crippen molar-refractivity contribution in [3.63, 3.8) is 0 Å². The number of rotatable bonds is 5. The molecule has 1 heterocycles. The Balaban J connectivity index is 1.93. The molecule has 0 unspecified atom stereocenters. The minimum Gasteiger partial charge on any atom is -0.337 e. The number of nitrogens with zero attached hydrogens (tertiary/aromatic N) is 1. The molecule has 0 saturated carbocycles. The summed E-state index contributed by atoms with van der Waals surface area (Å²) in [5.41, 5.74) is 2.94. The number of amides is 2. The largest absolute Gasteiger partial charge is 0.337 e. The summed E-state index contributed by atoms with van der Waals surface area (Å²) in [4.78, 5) is 16.3. The van der Waals surface area contributed by atoms with E-state index in [1.165, 1.54) is 18.2 Å². The second-order valence-electron chi connectivity index (χ2n) is 5.84. The first-order valence-electron chi connectivity index (χ1n) is 7.71. The Bertz CT molecular complexity index is 726. The number of aryl methyl sites for hydroxylation is 2. The zero-order valence-electron chi connectivity index (χ0n) is 14.0. The van der Waals surface area contributed by atoms with E-state index in [1.54, 1.807) is 12.3 Å². The summed E-state index contributed by atoms with van der Waals surface area (Å²) in [5, 5.41) is 5.14. The Morgan fingerprint density at radius 3 is 2.62 bits per heavy atom. The van der Waals surface area contributed by atoms with Crippen LogP contribution in [0.3, 0.4) is 0 Å². The van der Waals surface area contributed by atoms with E-state index in [-0.39, 0.29) is 11.3 Å². The summed E-state index contributed by atoms with van der Waals surface area (Å²) < 4.78 is 27.1. The molecule has 0 aliphatic rings. The number of carbonyl (C=O) groups is 1. The Kier molecular flexibility index (Phi) is 5.49. The molecule has 24 heavy (non-hydrogen) atoms. The molecule has 0 spiro atoms. The highest BCUT2D eigenvalue weighted by atomic mass is 19.3. The molecular formula is C18H21F2N3O. The van der Waals surface area contributed by atoms with Gasteiger partial charge in [0.1, 0.15) is 0 Å². The van der Waals surface area contributed by atoms with Crippen LogP contribution in [-0.2, 0) is 12.3 Å². The lowest BCUT2D eigenvalue weighted by molar-refractivity contribution is 0.0183. The van der Waals surface area contributed by atoms with Crippen LogP contribution in [0.5, 0.6) is 0 Å². The summed E-state index contributed by atoms with van der Waals surface area (Å²) in [7, 11) is 0. The van der Waals surface area contributed by atoms with Gasteiger partial charge in [-0.25, -0.2) is 13.6 Å². The lowest BCUT2D eigenvalue weighted by Gasteiger charge is -2.16. The molecule has 0 saturated heterocycles. The molecule has 0 bridgehead atoms. The average molecular weight is 333 g/mol. The monoisotopic (exact) mass is 333 g/mol. The molecular weight excluding hydrogens is 312 g/mol. The van der Waals surface area contributed by atoms with Crippen molar-refractivity contribution in [2.75, 3.05) is 11.9 Å². The topological polar surface area (TPSA) is 54.0 Å². The summed E-state index contributed by atoms with van der Waals surface area (Å²) in [6.07, 6.45) is 2.35. The van der Waals surface area contributed by atoms with E-state index < -0.39 is 12.0 Å². The van der Waals surface area contributed by atoms with E-state index in [0.29, 0.717) is 13.0 Å². The summed E-state index contributed by atoms with van der Waals surface area (Å²) in [6.45, 7) is 5.11. The molecule has 128 valence electrons. The lowest BCUT2D eigenvalue weighted by atomic mass is 10.1. The summed E-state index contributed by atoms with van der Waals surface area (Å²) in [6, 6.07) is 7.39. The van der Waals surface area contributed by atoms with Gasteiger partial charge in [0.15, 0.2) is 0 Å². The van der Waals surface area contributed by atoms with Crippen LogP contribution in [0, 0.1) is 13.8 Å². The Labute approximate surface area is 140 Å². The number of aromatic nitrogens is 1. The highest BCUT2D eigenvalue weighted by Gasteiger charge is 2.27. The molecule has 0 aliphatic heterocycles. The number of anilines is 1. The van der Waals surface area contributed by atoms with Gasteiger partial charge in [-0.15, -0.1) is 0 Å². The van der Waals surface area contributed by atoms with Gasteiger partial charge in [-0.1, -0.05) is 24.3 Å². The number of nitrogens with one attached hydrogen (secondary N) is 2. The maximum Gasteiger partial charge on any atom is 0.319 e. The Hall–Kier alpha value is -2.50. The standard InChI is InChI=1S/C18H21F2N3O/c1-12-10-13(2)15(22-11-12)8-9-21-17(24)23-16-7-5-4-6-14(16)18(3,19)20/h4-7,10-11H,8-9H2,1-3H3,(H2,21,23,24). The lowest BCUT2D eigenvalue weighted by Crippen LogP contribution is -2.31. The van der Waals surface area contributed by atoms with Gasteiger partial charge in [0.05, 0.1) is 5.69 Å². The fraction of sp³-hybridized carbons (Fsp3) is 0.333. The van der Waals surface area contributed by atoms with Gasteiger partial charge in [-0.2, -0.15) is 0 Å². The molecule has 4 nitrogen and oxygen atoms in total. The molecule has 2 rings (SSSR count). The average Bonchev–Trinajstić information content (AvgIpc) is 2.49. The third-order valence-corrected chi connectivity index (χ3v) is 3.62. The number of carbonyl (C=O) groups excluding carboxylic acids is 1. The molecule has 1 aromatic carbocycles. The summed E-state index contributed by atoms with van der Waals surface area (Å²) in [5.74, 6) is -3.02. The van der Waals surface area contributed by atoms with Crippen molar-refractivity contribution in [3.05, 3.63) is 58.9 Å². The number of para-hydroxylation sites is 1. The van der Waals surface area contributed by atoms with E-state index in [9.17, 15) is 13.6 Å². The maximum absolute atomic E-state index is 13.5. The van der Waals surface area contributed by atoms with Crippen LogP contribution >= 0.6 is 0 Å². The normalized spacial score (nSPS) is 11.2. The van der Waals surface area contributed by atoms with Gasteiger partial charge in [0.2, 0.25) is 0 Å². The quantitative estimate of drug-likeness (QED) is 0.863. The number of benzene rings is 1. The van der Waals surface area contributed by atoms with Crippen molar-refractivity contribution < 1.29 is 13.6 Å². The van der Waals surface area contributed by atoms with E-state index in [1.807, 2.05) is 19.9 Å². The molecule has 2 aromatic rings. The first kappa shape index (κ1) is 17.8. The third kappa shape index (κ3) is 4.75. The number of alkyl halides is 2. The Morgan fingerprint density at radius 2 is 1.96 bits per heavy atom. The van der Waals surface area contributed by atoms with Crippen molar-refractivity contribution in [1.82, 2.24) is 10.3 Å². The van der Waals surface area contributed by atoms with Crippen LogP contribution in [-0.4, -0.2) is 17.6 Å². The fourth-order valence-electron chi connectivity index (χ4n) is 2.44. The SMILES string of the molecule is Cc1cnc(CCNC(=O)Nc2ccccc2C(C)(F)F)c(C)c1. The predicted molar refractivity (Wildman–Crippen MR) is 90.4 cm³/mol.